The molecule has 0 bridgehead atoms. The third-order valence-electron chi connectivity index (χ3n) is 4.32. The summed E-state index contributed by atoms with van der Waals surface area (Å²) in [6.45, 7) is 11.9. The standard InChI is InChI=1S/C20H36N4O/c1-16(2)24(17(3)4)15-9-13-22-20(21-5)23-14-12-18-10-7-8-11-19(18)25-6/h7-8,10-11,16-17H,9,12-15H2,1-6H3,(H2,21,22,23). The number of hydrogen-bond acceptors (Lipinski definition) is 3. The predicted molar refractivity (Wildman–Crippen MR) is 108 cm³/mol. The minimum Gasteiger partial charge on any atom is -0.496 e. The second kappa shape index (κ2) is 11.7. The number of aliphatic imine (C=N–C) groups is 1. The molecule has 0 aliphatic carbocycles. The van der Waals surface area contributed by atoms with Crippen molar-refractivity contribution in [1.29, 1.82) is 0 Å². The molecule has 1 aromatic carbocycles. The molecule has 0 saturated heterocycles. The fourth-order valence-electron chi connectivity index (χ4n) is 3.03. The number of benzene rings is 1. The van der Waals surface area contributed by atoms with E-state index in [0.29, 0.717) is 12.1 Å². The van der Waals surface area contributed by atoms with Gasteiger partial charge in [0.1, 0.15) is 5.75 Å². The predicted octanol–water partition coefficient (Wildman–Crippen LogP) is 2.91. The van der Waals surface area contributed by atoms with Crippen LogP contribution in [0.4, 0.5) is 0 Å². The SMILES string of the molecule is CN=C(NCCCN(C(C)C)C(C)C)NCCc1ccccc1OC. The zero-order valence-corrected chi connectivity index (χ0v) is 16.8. The van der Waals surface area contributed by atoms with Crippen LogP contribution in [0.3, 0.4) is 0 Å². The highest BCUT2D eigenvalue weighted by molar-refractivity contribution is 5.79. The first-order chi connectivity index (χ1) is 12.0. The van der Waals surface area contributed by atoms with Gasteiger partial charge in [0.05, 0.1) is 7.11 Å². The molecule has 5 nitrogen and oxygen atoms in total. The lowest BCUT2D eigenvalue weighted by Gasteiger charge is -2.30. The Morgan fingerprint density at radius 1 is 1.08 bits per heavy atom. The molecule has 0 spiro atoms. The van der Waals surface area contributed by atoms with E-state index in [1.165, 1.54) is 5.56 Å². The Morgan fingerprint density at radius 2 is 1.72 bits per heavy atom. The quantitative estimate of drug-likeness (QED) is 0.388. The lowest BCUT2D eigenvalue weighted by Crippen LogP contribution is -2.41. The highest BCUT2D eigenvalue weighted by Crippen LogP contribution is 2.17. The van der Waals surface area contributed by atoms with Crippen LogP contribution in [0.25, 0.3) is 0 Å². The molecule has 0 fully saturated rings. The molecule has 0 aromatic heterocycles. The largest absolute Gasteiger partial charge is 0.496 e. The first-order valence-corrected chi connectivity index (χ1v) is 9.31. The van der Waals surface area contributed by atoms with Gasteiger partial charge < -0.3 is 15.4 Å². The van der Waals surface area contributed by atoms with Crippen molar-refractivity contribution in [2.45, 2.75) is 52.6 Å². The molecule has 142 valence electrons. The zero-order valence-electron chi connectivity index (χ0n) is 16.8. The Bertz CT molecular complexity index is 506. The Balaban J connectivity index is 2.31. The monoisotopic (exact) mass is 348 g/mol. The maximum atomic E-state index is 5.39. The van der Waals surface area contributed by atoms with Gasteiger partial charge in [-0.25, -0.2) is 0 Å². The number of methoxy groups -OCH3 is 1. The van der Waals surface area contributed by atoms with E-state index < -0.39 is 0 Å². The van der Waals surface area contributed by atoms with Gasteiger partial charge in [0.25, 0.3) is 0 Å². The minimum atomic E-state index is 0.582. The molecule has 25 heavy (non-hydrogen) atoms. The van der Waals surface area contributed by atoms with Gasteiger partial charge >= 0.3 is 0 Å². The molecule has 1 rings (SSSR count). The molecule has 0 unspecified atom stereocenters. The molecule has 0 amide bonds. The normalized spacial score (nSPS) is 12.1. The molecule has 0 heterocycles. The first-order valence-electron chi connectivity index (χ1n) is 9.31. The Labute approximate surface area is 153 Å². The van der Waals surface area contributed by atoms with Crippen molar-refractivity contribution >= 4 is 5.96 Å². The smallest absolute Gasteiger partial charge is 0.190 e. The summed E-state index contributed by atoms with van der Waals surface area (Å²) in [6, 6.07) is 9.30. The molecule has 5 heteroatoms. The topological polar surface area (TPSA) is 48.9 Å². The summed E-state index contributed by atoms with van der Waals surface area (Å²) in [7, 11) is 3.53. The highest BCUT2D eigenvalue weighted by atomic mass is 16.5. The minimum absolute atomic E-state index is 0.582. The highest BCUT2D eigenvalue weighted by Gasteiger charge is 2.12. The van der Waals surface area contributed by atoms with Crippen LogP contribution >= 0.6 is 0 Å². The number of nitrogens with one attached hydrogen (secondary N) is 2. The van der Waals surface area contributed by atoms with E-state index in [2.05, 4.69) is 54.3 Å². The molecule has 1 aromatic rings. The van der Waals surface area contributed by atoms with Gasteiger partial charge in [-0.3, -0.25) is 9.89 Å². The van der Waals surface area contributed by atoms with Crippen LogP contribution in [-0.4, -0.2) is 56.7 Å². The molecular weight excluding hydrogens is 312 g/mol. The van der Waals surface area contributed by atoms with Gasteiger partial charge in [0.15, 0.2) is 5.96 Å². The Morgan fingerprint density at radius 3 is 2.32 bits per heavy atom. The van der Waals surface area contributed by atoms with Crippen molar-refractivity contribution < 1.29 is 4.74 Å². The number of rotatable bonds is 10. The van der Waals surface area contributed by atoms with Crippen LogP contribution in [-0.2, 0) is 6.42 Å². The average molecular weight is 349 g/mol. The summed E-state index contributed by atoms with van der Waals surface area (Å²) >= 11 is 0. The number of hydrogen-bond donors (Lipinski definition) is 2. The maximum absolute atomic E-state index is 5.39. The van der Waals surface area contributed by atoms with Gasteiger partial charge in [0, 0.05) is 38.8 Å². The van der Waals surface area contributed by atoms with Gasteiger partial charge in [0.2, 0.25) is 0 Å². The molecule has 0 radical (unpaired) electrons. The van der Waals surface area contributed by atoms with Crippen molar-refractivity contribution in [3.63, 3.8) is 0 Å². The molecule has 0 atom stereocenters. The van der Waals surface area contributed by atoms with E-state index in [-0.39, 0.29) is 0 Å². The molecular formula is C20H36N4O. The van der Waals surface area contributed by atoms with E-state index in [9.17, 15) is 0 Å². The average Bonchev–Trinajstić information content (AvgIpc) is 2.59. The van der Waals surface area contributed by atoms with Crippen LogP contribution in [0, 0.1) is 0 Å². The Hall–Kier alpha value is -1.75. The van der Waals surface area contributed by atoms with Crippen LogP contribution in [0.2, 0.25) is 0 Å². The Kier molecular flexibility index (Phi) is 10.0. The van der Waals surface area contributed by atoms with Gasteiger partial charge in [-0.2, -0.15) is 0 Å². The van der Waals surface area contributed by atoms with Crippen molar-refractivity contribution in [1.82, 2.24) is 15.5 Å². The first kappa shape index (κ1) is 21.3. The summed E-state index contributed by atoms with van der Waals surface area (Å²) in [5.41, 5.74) is 1.21. The second-order valence-corrected chi connectivity index (χ2v) is 6.77. The summed E-state index contributed by atoms with van der Waals surface area (Å²) < 4.78 is 5.39. The molecule has 0 aliphatic heterocycles. The van der Waals surface area contributed by atoms with Crippen LogP contribution in [0.5, 0.6) is 5.75 Å². The summed E-state index contributed by atoms with van der Waals surface area (Å²) in [5, 5.41) is 6.77. The fourth-order valence-corrected chi connectivity index (χ4v) is 3.03. The molecule has 0 saturated carbocycles. The van der Waals surface area contributed by atoms with Gasteiger partial charge in [-0.15, -0.1) is 0 Å². The van der Waals surface area contributed by atoms with E-state index in [0.717, 1.165) is 44.2 Å². The van der Waals surface area contributed by atoms with E-state index in [1.807, 2.05) is 25.2 Å². The lowest BCUT2D eigenvalue weighted by atomic mass is 10.1. The van der Waals surface area contributed by atoms with E-state index in [4.69, 9.17) is 4.74 Å². The number of para-hydroxylation sites is 1. The van der Waals surface area contributed by atoms with Crippen molar-refractivity contribution in [2.24, 2.45) is 4.99 Å². The summed E-state index contributed by atoms with van der Waals surface area (Å²) in [6.07, 6.45) is 2.00. The third kappa shape index (κ3) is 7.78. The third-order valence-corrected chi connectivity index (χ3v) is 4.32. The van der Waals surface area contributed by atoms with E-state index in [1.54, 1.807) is 7.11 Å². The lowest BCUT2D eigenvalue weighted by molar-refractivity contribution is 0.173. The number of ether oxygens (including phenoxy) is 1. The zero-order chi connectivity index (χ0) is 18.7. The van der Waals surface area contributed by atoms with Crippen molar-refractivity contribution in [3.8, 4) is 5.75 Å². The van der Waals surface area contributed by atoms with E-state index >= 15 is 0 Å². The van der Waals surface area contributed by atoms with Crippen molar-refractivity contribution in [2.75, 3.05) is 33.8 Å². The van der Waals surface area contributed by atoms with Gasteiger partial charge in [-0.05, 0) is 52.2 Å². The number of nitrogens with zero attached hydrogens (tertiary/aromatic N) is 2. The van der Waals surface area contributed by atoms with Crippen LogP contribution < -0.4 is 15.4 Å². The second-order valence-electron chi connectivity index (χ2n) is 6.77. The summed E-state index contributed by atoms with van der Waals surface area (Å²) in [4.78, 5) is 6.81. The molecule has 0 aliphatic rings. The van der Waals surface area contributed by atoms with Crippen molar-refractivity contribution in [3.05, 3.63) is 29.8 Å². The maximum Gasteiger partial charge on any atom is 0.190 e. The fraction of sp³-hybridized carbons (Fsp3) is 0.650. The van der Waals surface area contributed by atoms with Crippen LogP contribution in [0.15, 0.2) is 29.3 Å². The summed E-state index contributed by atoms with van der Waals surface area (Å²) in [5.74, 6) is 1.80. The molecule has 2 N–H and O–H groups in total. The van der Waals surface area contributed by atoms with Gasteiger partial charge in [-0.1, -0.05) is 18.2 Å². The number of guanidine groups is 1. The van der Waals surface area contributed by atoms with Crippen LogP contribution in [0.1, 0.15) is 39.7 Å².